The summed E-state index contributed by atoms with van der Waals surface area (Å²) in [5.74, 6) is 0.465. The lowest BCUT2D eigenvalue weighted by Crippen LogP contribution is -2.66. The molecule has 2 aliphatic carbocycles. The van der Waals surface area contributed by atoms with Crippen molar-refractivity contribution in [1.29, 1.82) is 0 Å². The van der Waals surface area contributed by atoms with Crippen molar-refractivity contribution in [1.82, 2.24) is 10.2 Å². The van der Waals surface area contributed by atoms with Crippen LogP contribution in [0.25, 0.3) is 0 Å². The second kappa shape index (κ2) is 2.63. The van der Waals surface area contributed by atoms with Gasteiger partial charge in [-0.05, 0) is 31.6 Å². The zero-order valence-corrected chi connectivity index (χ0v) is 8.20. The molecule has 3 aliphatic rings. The number of β-amino-alcohol motifs (C(OH)–C–C–N with tert-alkyl or cyclic N) is 1. The number of hydrogen-bond acceptors (Lipinski definition) is 2. The van der Waals surface area contributed by atoms with Crippen molar-refractivity contribution in [2.24, 2.45) is 5.92 Å². The minimum atomic E-state index is -0.541. The molecular weight excluding hydrogens is 180 g/mol. The second-order valence-electron chi connectivity index (χ2n) is 4.96. The van der Waals surface area contributed by atoms with Gasteiger partial charge in [-0.1, -0.05) is 0 Å². The average Bonchev–Trinajstić information content (AvgIpc) is 2.89. The maximum Gasteiger partial charge on any atom is 0.317 e. The molecule has 0 bridgehead atoms. The molecule has 1 saturated heterocycles. The molecule has 14 heavy (non-hydrogen) atoms. The maximum absolute atomic E-state index is 11.5. The number of urea groups is 1. The molecule has 0 radical (unpaired) electrons. The van der Waals surface area contributed by atoms with Gasteiger partial charge in [-0.15, -0.1) is 0 Å². The highest BCUT2D eigenvalue weighted by atomic mass is 16.3. The number of likely N-dealkylation sites (tertiary alicyclic amines) is 1. The molecule has 2 saturated carbocycles. The third-order valence-corrected chi connectivity index (χ3v) is 3.46. The van der Waals surface area contributed by atoms with Crippen molar-refractivity contribution in [3.8, 4) is 0 Å². The number of rotatable bonds is 2. The summed E-state index contributed by atoms with van der Waals surface area (Å²) in [6, 6.07) is 0.426. The smallest absolute Gasteiger partial charge is 0.317 e. The van der Waals surface area contributed by atoms with Crippen molar-refractivity contribution in [2.45, 2.75) is 37.3 Å². The molecule has 1 heterocycles. The van der Waals surface area contributed by atoms with Crippen molar-refractivity contribution in [2.75, 3.05) is 13.1 Å². The number of carbonyl (C=O) groups is 1. The third kappa shape index (κ3) is 1.38. The quantitative estimate of drug-likeness (QED) is 0.668. The fourth-order valence-corrected chi connectivity index (χ4v) is 2.13. The summed E-state index contributed by atoms with van der Waals surface area (Å²) in [5, 5.41) is 12.9. The van der Waals surface area contributed by atoms with Crippen LogP contribution in [0.1, 0.15) is 25.7 Å². The Morgan fingerprint density at radius 2 is 1.93 bits per heavy atom. The Labute approximate surface area is 83.3 Å². The van der Waals surface area contributed by atoms with Gasteiger partial charge in [0.25, 0.3) is 0 Å². The molecule has 3 fully saturated rings. The Morgan fingerprint density at radius 3 is 2.43 bits per heavy atom. The predicted octanol–water partition coefficient (Wildman–Crippen LogP) is 0.315. The highest BCUT2D eigenvalue weighted by molar-refractivity contribution is 5.76. The van der Waals surface area contributed by atoms with E-state index in [1.807, 2.05) is 0 Å². The predicted molar refractivity (Wildman–Crippen MR) is 50.8 cm³/mol. The van der Waals surface area contributed by atoms with Gasteiger partial charge >= 0.3 is 6.03 Å². The number of amides is 2. The Hall–Kier alpha value is -0.770. The molecule has 3 rings (SSSR count). The normalized spacial score (nSPS) is 29.6. The monoisotopic (exact) mass is 196 g/mol. The van der Waals surface area contributed by atoms with Crippen LogP contribution in [0.5, 0.6) is 0 Å². The lowest BCUT2D eigenvalue weighted by atomic mass is 9.89. The molecule has 0 atom stereocenters. The number of nitrogens with zero attached hydrogens (tertiary/aromatic N) is 1. The molecule has 0 unspecified atom stereocenters. The van der Waals surface area contributed by atoms with Gasteiger partial charge in [-0.25, -0.2) is 4.79 Å². The molecule has 4 heteroatoms. The minimum absolute atomic E-state index is 0.0119. The topological polar surface area (TPSA) is 52.6 Å². The van der Waals surface area contributed by atoms with Crippen LogP contribution in [0, 0.1) is 5.92 Å². The van der Waals surface area contributed by atoms with Gasteiger partial charge in [0.2, 0.25) is 0 Å². The second-order valence-corrected chi connectivity index (χ2v) is 4.96. The Morgan fingerprint density at radius 1 is 1.29 bits per heavy atom. The first-order valence-electron chi connectivity index (χ1n) is 5.45. The van der Waals surface area contributed by atoms with Crippen LogP contribution < -0.4 is 5.32 Å². The van der Waals surface area contributed by atoms with Crippen molar-refractivity contribution in [3.05, 3.63) is 0 Å². The summed E-state index contributed by atoms with van der Waals surface area (Å²) in [6.45, 7) is 1.08. The molecule has 2 N–H and O–H groups in total. The maximum atomic E-state index is 11.5. The molecule has 0 aromatic rings. The van der Waals surface area contributed by atoms with E-state index >= 15 is 0 Å². The fourth-order valence-electron chi connectivity index (χ4n) is 2.13. The zero-order chi connectivity index (χ0) is 9.76. The van der Waals surface area contributed by atoms with Gasteiger partial charge in [0.1, 0.15) is 5.60 Å². The number of hydrogen-bond donors (Lipinski definition) is 2. The molecular formula is C10H16N2O2. The van der Waals surface area contributed by atoms with Crippen LogP contribution in [-0.2, 0) is 0 Å². The summed E-state index contributed by atoms with van der Waals surface area (Å²) >= 11 is 0. The average molecular weight is 196 g/mol. The highest BCUT2D eigenvalue weighted by Gasteiger charge is 2.53. The van der Waals surface area contributed by atoms with E-state index in [0.717, 1.165) is 25.7 Å². The summed E-state index contributed by atoms with van der Waals surface area (Å²) < 4.78 is 0. The van der Waals surface area contributed by atoms with Gasteiger partial charge in [-0.3, -0.25) is 0 Å². The third-order valence-electron chi connectivity index (χ3n) is 3.46. The van der Waals surface area contributed by atoms with Crippen molar-refractivity contribution < 1.29 is 9.90 Å². The summed E-state index contributed by atoms with van der Waals surface area (Å²) in [4.78, 5) is 13.2. The lowest BCUT2D eigenvalue weighted by molar-refractivity contribution is -0.0918. The molecule has 4 nitrogen and oxygen atoms in total. The van der Waals surface area contributed by atoms with E-state index in [9.17, 15) is 9.90 Å². The van der Waals surface area contributed by atoms with Crippen LogP contribution in [0.4, 0.5) is 4.79 Å². The largest absolute Gasteiger partial charge is 0.386 e. The van der Waals surface area contributed by atoms with E-state index in [0.29, 0.717) is 25.0 Å². The van der Waals surface area contributed by atoms with E-state index in [4.69, 9.17) is 0 Å². The van der Waals surface area contributed by atoms with Crippen molar-refractivity contribution in [3.63, 3.8) is 0 Å². The van der Waals surface area contributed by atoms with E-state index in [1.165, 1.54) is 0 Å². The van der Waals surface area contributed by atoms with Crippen molar-refractivity contribution >= 4 is 6.03 Å². The molecule has 78 valence electrons. The number of nitrogens with one attached hydrogen (secondary N) is 1. The van der Waals surface area contributed by atoms with Gasteiger partial charge in [0.05, 0.1) is 13.1 Å². The van der Waals surface area contributed by atoms with E-state index in [1.54, 1.807) is 4.90 Å². The number of aliphatic hydroxyl groups is 1. The first-order valence-corrected chi connectivity index (χ1v) is 5.45. The Kier molecular flexibility index (Phi) is 1.60. The summed E-state index contributed by atoms with van der Waals surface area (Å²) in [6.07, 6.45) is 4.50. The summed E-state index contributed by atoms with van der Waals surface area (Å²) in [5.41, 5.74) is -0.541. The molecule has 0 aromatic heterocycles. The first-order chi connectivity index (χ1) is 6.67. The first kappa shape index (κ1) is 8.53. The van der Waals surface area contributed by atoms with E-state index in [-0.39, 0.29) is 6.03 Å². The fraction of sp³-hybridized carbons (Fsp3) is 0.900. The van der Waals surface area contributed by atoms with Gasteiger partial charge in [-0.2, -0.15) is 0 Å². The molecule has 0 spiro atoms. The number of carbonyl (C=O) groups excluding carboxylic acids is 1. The van der Waals surface area contributed by atoms with Crippen LogP contribution >= 0.6 is 0 Å². The molecule has 2 amide bonds. The molecule has 1 aliphatic heterocycles. The standard InChI is InChI=1S/C10H16N2O2/c13-9(11-8-3-4-8)12-5-10(14,6-12)7-1-2-7/h7-8,14H,1-6H2,(H,11,13). The Bertz CT molecular complexity index is 265. The summed E-state index contributed by atoms with van der Waals surface area (Å²) in [7, 11) is 0. The van der Waals surface area contributed by atoms with Gasteiger partial charge in [0.15, 0.2) is 0 Å². The van der Waals surface area contributed by atoms with Crippen LogP contribution in [0.2, 0.25) is 0 Å². The zero-order valence-electron chi connectivity index (χ0n) is 8.20. The SMILES string of the molecule is O=C(NC1CC1)N1CC(O)(C2CC2)C1. The van der Waals surface area contributed by atoms with E-state index in [2.05, 4.69) is 5.32 Å². The highest BCUT2D eigenvalue weighted by Crippen LogP contribution is 2.44. The molecule has 0 aromatic carbocycles. The lowest BCUT2D eigenvalue weighted by Gasteiger charge is -2.46. The van der Waals surface area contributed by atoms with Gasteiger partial charge in [0, 0.05) is 6.04 Å². The van der Waals surface area contributed by atoms with Gasteiger partial charge < -0.3 is 15.3 Å². The van der Waals surface area contributed by atoms with E-state index < -0.39 is 5.60 Å². The van der Waals surface area contributed by atoms with Crippen LogP contribution in [-0.4, -0.2) is 40.8 Å². The van der Waals surface area contributed by atoms with Crippen LogP contribution in [0.15, 0.2) is 0 Å². The Balaban J connectivity index is 1.49. The minimum Gasteiger partial charge on any atom is -0.386 e. The van der Waals surface area contributed by atoms with Crippen LogP contribution in [0.3, 0.4) is 0 Å².